The van der Waals surface area contributed by atoms with Gasteiger partial charge in [-0.25, -0.2) is 17.8 Å². The minimum absolute atomic E-state index is 0.218. The lowest BCUT2D eigenvalue weighted by atomic mass is 10.3. The molecule has 2 aromatic rings. The molecule has 20 heavy (non-hydrogen) atoms. The van der Waals surface area contributed by atoms with Crippen LogP contribution in [0, 0.1) is 12.7 Å². The molecule has 0 radical (unpaired) electrons. The number of para-hydroxylation sites is 1. The average Bonchev–Trinajstić information content (AvgIpc) is 2.36. The Bertz CT molecular complexity index is 765. The van der Waals surface area contributed by atoms with Crippen molar-refractivity contribution in [2.75, 3.05) is 10.5 Å². The van der Waals surface area contributed by atoms with Gasteiger partial charge in [-0.1, -0.05) is 17.7 Å². The predicted octanol–water partition coefficient (Wildman–Crippen LogP) is 2.57. The number of aryl methyl sites for hydroxylation is 1. The van der Waals surface area contributed by atoms with E-state index in [1.165, 1.54) is 24.4 Å². The second kappa shape index (κ2) is 5.26. The van der Waals surface area contributed by atoms with Crippen molar-refractivity contribution in [2.45, 2.75) is 11.8 Å². The molecule has 0 spiro atoms. The first-order chi connectivity index (χ1) is 9.31. The molecule has 0 amide bonds. The molecule has 0 saturated heterocycles. The summed E-state index contributed by atoms with van der Waals surface area (Å²) >= 11 is 5.76. The van der Waals surface area contributed by atoms with Gasteiger partial charge in [-0.2, -0.15) is 0 Å². The molecular formula is C12H11ClFN3O2S. The molecule has 1 aromatic heterocycles. The molecule has 1 heterocycles. The minimum atomic E-state index is -3.99. The number of nitrogens with two attached hydrogens (primary N) is 1. The molecule has 0 aliphatic rings. The first-order valence-electron chi connectivity index (χ1n) is 5.50. The first kappa shape index (κ1) is 14.5. The van der Waals surface area contributed by atoms with Crippen LogP contribution in [-0.2, 0) is 10.0 Å². The molecule has 106 valence electrons. The van der Waals surface area contributed by atoms with E-state index in [4.69, 9.17) is 17.3 Å². The number of sulfonamides is 1. The maximum atomic E-state index is 13.3. The van der Waals surface area contributed by atoms with E-state index in [1.807, 2.05) is 0 Å². The van der Waals surface area contributed by atoms with E-state index < -0.39 is 21.5 Å². The SMILES string of the molecule is Cc1cc(NS(=O)(=O)c2cccc(F)c2N)cnc1Cl. The number of halogens is 2. The zero-order valence-electron chi connectivity index (χ0n) is 10.4. The fourth-order valence-corrected chi connectivity index (χ4v) is 2.86. The molecule has 3 N–H and O–H groups in total. The molecule has 5 nitrogen and oxygen atoms in total. The zero-order chi connectivity index (χ0) is 14.9. The van der Waals surface area contributed by atoms with E-state index in [-0.39, 0.29) is 15.7 Å². The van der Waals surface area contributed by atoms with Crippen molar-refractivity contribution in [3.63, 3.8) is 0 Å². The van der Waals surface area contributed by atoms with Crippen LogP contribution < -0.4 is 10.5 Å². The summed E-state index contributed by atoms with van der Waals surface area (Å²) in [6.07, 6.45) is 1.27. The fourth-order valence-electron chi connectivity index (χ4n) is 1.58. The number of benzene rings is 1. The van der Waals surface area contributed by atoms with Crippen LogP contribution >= 0.6 is 11.6 Å². The van der Waals surface area contributed by atoms with Gasteiger partial charge in [0, 0.05) is 0 Å². The van der Waals surface area contributed by atoms with Crippen LogP contribution in [0.4, 0.5) is 15.8 Å². The van der Waals surface area contributed by atoms with Crippen LogP contribution in [0.2, 0.25) is 5.15 Å². The number of nitrogens with zero attached hydrogens (tertiary/aromatic N) is 1. The molecule has 1 aromatic carbocycles. The number of hydrogen-bond donors (Lipinski definition) is 2. The van der Waals surface area contributed by atoms with E-state index in [9.17, 15) is 12.8 Å². The summed E-state index contributed by atoms with van der Waals surface area (Å²) in [6.45, 7) is 1.68. The van der Waals surface area contributed by atoms with Crippen molar-refractivity contribution in [3.8, 4) is 0 Å². The van der Waals surface area contributed by atoms with Gasteiger partial charge in [0.05, 0.1) is 17.6 Å². The highest BCUT2D eigenvalue weighted by molar-refractivity contribution is 7.92. The van der Waals surface area contributed by atoms with Gasteiger partial charge in [0.2, 0.25) is 0 Å². The van der Waals surface area contributed by atoms with E-state index in [2.05, 4.69) is 9.71 Å². The van der Waals surface area contributed by atoms with Crippen LogP contribution in [0.1, 0.15) is 5.56 Å². The molecular weight excluding hydrogens is 305 g/mol. The van der Waals surface area contributed by atoms with E-state index >= 15 is 0 Å². The molecule has 0 saturated carbocycles. The van der Waals surface area contributed by atoms with Gasteiger partial charge in [0.15, 0.2) is 0 Å². The highest BCUT2D eigenvalue weighted by Gasteiger charge is 2.19. The van der Waals surface area contributed by atoms with Crippen LogP contribution in [0.5, 0.6) is 0 Å². The van der Waals surface area contributed by atoms with Crippen LogP contribution in [0.25, 0.3) is 0 Å². The number of pyridine rings is 1. The number of nitrogens with one attached hydrogen (secondary N) is 1. The summed E-state index contributed by atoms with van der Waals surface area (Å²) in [5, 5.41) is 0.276. The molecule has 0 unspecified atom stereocenters. The van der Waals surface area contributed by atoms with Crippen LogP contribution in [0.3, 0.4) is 0 Å². The fraction of sp³-hybridized carbons (Fsp3) is 0.0833. The molecule has 0 bridgehead atoms. The highest BCUT2D eigenvalue weighted by Crippen LogP contribution is 2.24. The van der Waals surface area contributed by atoms with Gasteiger partial charge in [0.25, 0.3) is 10.0 Å². The van der Waals surface area contributed by atoms with Crippen molar-refractivity contribution in [2.24, 2.45) is 0 Å². The highest BCUT2D eigenvalue weighted by atomic mass is 35.5. The van der Waals surface area contributed by atoms with Crippen LogP contribution in [-0.4, -0.2) is 13.4 Å². The summed E-state index contributed by atoms with van der Waals surface area (Å²) in [6, 6.07) is 5.09. The van der Waals surface area contributed by atoms with E-state index in [0.29, 0.717) is 5.56 Å². The van der Waals surface area contributed by atoms with Gasteiger partial charge in [-0.15, -0.1) is 0 Å². The summed E-state index contributed by atoms with van der Waals surface area (Å²) < 4.78 is 39.9. The smallest absolute Gasteiger partial charge is 0.264 e. The number of hydrogen-bond acceptors (Lipinski definition) is 4. The maximum absolute atomic E-state index is 13.3. The Kier molecular flexibility index (Phi) is 3.82. The molecule has 0 atom stereocenters. The maximum Gasteiger partial charge on any atom is 0.264 e. The van der Waals surface area contributed by atoms with Gasteiger partial charge in [-0.3, -0.25) is 4.72 Å². The van der Waals surface area contributed by atoms with E-state index in [0.717, 1.165) is 6.07 Å². The normalized spacial score (nSPS) is 11.3. The Morgan fingerprint density at radius 1 is 1.40 bits per heavy atom. The largest absolute Gasteiger partial charge is 0.395 e. The lowest BCUT2D eigenvalue weighted by Crippen LogP contribution is -2.15. The minimum Gasteiger partial charge on any atom is -0.395 e. The lowest BCUT2D eigenvalue weighted by Gasteiger charge is -2.11. The molecule has 0 fully saturated rings. The number of rotatable bonds is 3. The third-order valence-corrected chi connectivity index (χ3v) is 4.40. The average molecular weight is 316 g/mol. The topological polar surface area (TPSA) is 85.1 Å². The second-order valence-electron chi connectivity index (χ2n) is 4.09. The Balaban J connectivity index is 2.41. The summed E-state index contributed by atoms with van der Waals surface area (Å²) in [5.74, 6) is -0.793. The second-order valence-corrected chi connectivity index (χ2v) is 6.10. The van der Waals surface area contributed by atoms with Crippen molar-refractivity contribution in [1.82, 2.24) is 4.98 Å². The number of anilines is 2. The Hall–Kier alpha value is -1.86. The third-order valence-electron chi connectivity index (χ3n) is 2.57. The predicted molar refractivity (Wildman–Crippen MR) is 75.6 cm³/mol. The first-order valence-corrected chi connectivity index (χ1v) is 7.36. The molecule has 0 aliphatic carbocycles. The third kappa shape index (κ3) is 2.83. The van der Waals surface area contributed by atoms with Gasteiger partial charge < -0.3 is 5.73 Å². The van der Waals surface area contributed by atoms with Gasteiger partial charge in [0.1, 0.15) is 15.9 Å². The number of aromatic nitrogens is 1. The number of nitrogen functional groups attached to an aromatic ring is 1. The van der Waals surface area contributed by atoms with Gasteiger partial charge >= 0.3 is 0 Å². The van der Waals surface area contributed by atoms with Crippen LogP contribution in [0.15, 0.2) is 35.4 Å². The summed E-state index contributed by atoms with van der Waals surface area (Å²) in [4.78, 5) is 3.50. The quantitative estimate of drug-likeness (QED) is 0.673. The summed E-state index contributed by atoms with van der Waals surface area (Å²) in [7, 11) is -3.99. The zero-order valence-corrected chi connectivity index (χ0v) is 12.0. The van der Waals surface area contributed by atoms with Crippen molar-refractivity contribution >= 4 is 33.0 Å². The molecule has 2 rings (SSSR count). The standard InChI is InChI=1S/C12H11ClFN3O2S/c1-7-5-8(6-16-12(7)13)17-20(18,19)10-4-2-3-9(14)11(10)15/h2-6,17H,15H2,1H3. The lowest BCUT2D eigenvalue weighted by molar-refractivity contribution is 0.597. The van der Waals surface area contributed by atoms with Crippen molar-refractivity contribution in [3.05, 3.63) is 47.0 Å². The van der Waals surface area contributed by atoms with Crippen molar-refractivity contribution < 1.29 is 12.8 Å². The molecule has 0 aliphatic heterocycles. The van der Waals surface area contributed by atoms with E-state index in [1.54, 1.807) is 6.92 Å². The Morgan fingerprint density at radius 2 is 2.10 bits per heavy atom. The Labute approximate surface area is 120 Å². The Morgan fingerprint density at radius 3 is 2.75 bits per heavy atom. The monoisotopic (exact) mass is 315 g/mol. The van der Waals surface area contributed by atoms with Gasteiger partial charge in [-0.05, 0) is 30.7 Å². The summed E-state index contributed by atoms with van der Waals surface area (Å²) in [5.41, 5.74) is 5.84. The van der Waals surface area contributed by atoms with Crippen molar-refractivity contribution in [1.29, 1.82) is 0 Å². The molecule has 8 heteroatoms.